The molecule has 2 aromatic carbocycles. The van der Waals surface area contributed by atoms with E-state index in [1.54, 1.807) is 36.4 Å². The van der Waals surface area contributed by atoms with Crippen LogP contribution in [0.15, 0.2) is 54.6 Å². The van der Waals surface area contributed by atoms with Gasteiger partial charge in [-0.3, -0.25) is 14.4 Å². The molecule has 2 rings (SSSR count). The summed E-state index contributed by atoms with van der Waals surface area (Å²) in [5, 5.41) is 8.03. The summed E-state index contributed by atoms with van der Waals surface area (Å²) in [5.74, 6) is -0.848. The van der Waals surface area contributed by atoms with Gasteiger partial charge >= 0.3 is 0 Å². The van der Waals surface area contributed by atoms with Crippen LogP contribution in [-0.2, 0) is 9.59 Å². The number of hydrogen-bond donors (Lipinski definition) is 3. The highest BCUT2D eigenvalue weighted by atomic mass is 16.2. The second-order valence-electron chi connectivity index (χ2n) is 6.88. The Hall–Kier alpha value is -3.15. The fourth-order valence-electron chi connectivity index (χ4n) is 2.05. The van der Waals surface area contributed by atoms with Crippen molar-refractivity contribution in [1.82, 2.24) is 5.32 Å². The first-order chi connectivity index (χ1) is 12.3. The number of hydrogen-bond acceptors (Lipinski definition) is 3. The van der Waals surface area contributed by atoms with Crippen LogP contribution in [0.2, 0.25) is 0 Å². The fraction of sp³-hybridized carbons (Fsp3) is 0.250. The van der Waals surface area contributed by atoms with Gasteiger partial charge in [0, 0.05) is 22.4 Å². The molecule has 0 saturated heterocycles. The second kappa shape index (κ2) is 8.29. The van der Waals surface area contributed by atoms with Crippen molar-refractivity contribution < 1.29 is 14.4 Å². The van der Waals surface area contributed by atoms with Gasteiger partial charge < -0.3 is 16.0 Å². The van der Waals surface area contributed by atoms with Crippen molar-refractivity contribution in [3.8, 4) is 0 Å². The van der Waals surface area contributed by atoms with Crippen LogP contribution in [0.1, 0.15) is 31.1 Å². The summed E-state index contributed by atoms with van der Waals surface area (Å²) in [6, 6.07) is 15.6. The molecule has 0 unspecified atom stereocenters. The Kier molecular flexibility index (Phi) is 6.11. The molecule has 136 valence electrons. The van der Waals surface area contributed by atoms with Gasteiger partial charge in [-0.25, -0.2) is 0 Å². The number of rotatable bonds is 5. The molecule has 3 amide bonds. The Balaban J connectivity index is 1.92. The first-order valence-corrected chi connectivity index (χ1v) is 8.30. The SMILES string of the molecule is CC(C)(C)C(=O)Nc1cccc(C(=O)NCC(=O)Nc2ccccc2)c1. The number of carbonyl (C=O) groups is 3. The van der Waals surface area contributed by atoms with Crippen molar-refractivity contribution in [3.63, 3.8) is 0 Å². The van der Waals surface area contributed by atoms with Gasteiger partial charge in [0.25, 0.3) is 5.91 Å². The zero-order valence-corrected chi connectivity index (χ0v) is 15.1. The molecule has 0 heterocycles. The van der Waals surface area contributed by atoms with Crippen LogP contribution in [0, 0.1) is 5.41 Å². The molecule has 0 bridgehead atoms. The van der Waals surface area contributed by atoms with Crippen LogP contribution >= 0.6 is 0 Å². The van der Waals surface area contributed by atoms with Gasteiger partial charge in [-0.15, -0.1) is 0 Å². The Bertz CT molecular complexity index is 795. The number of carbonyl (C=O) groups excluding carboxylic acids is 3. The molecule has 0 aliphatic heterocycles. The van der Waals surface area contributed by atoms with E-state index in [4.69, 9.17) is 0 Å². The van der Waals surface area contributed by atoms with Crippen molar-refractivity contribution in [1.29, 1.82) is 0 Å². The minimum Gasteiger partial charge on any atom is -0.343 e. The highest BCUT2D eigenvalue weighted by Crippen LogP contribution is 2.18. The number of amides is 3. The van der Waals surface area contributed by atoms with Crippen molar-refractivity contribution in [2.75, 3.05) is 17.2 Å². The van der Waals surface area contributed by atoms with E-state index in [1.165, 1.54) is 0 Å². The summed E-state index contributed by atoms with van der Waals surface area (Å²) >= 11 is 0. The van der Waals surface area contributed by atoms with Crippen LogP contribution in [-0.4, -0.2) is 24.3 Å². The summed E-state index contributed by atoms with van der Waals surface area (Å²) in [5.41, 5.74) is 1.03. The number of anilines is 2. The quantitative estimate of drug-likeness (QED) is 0.772. The molecule has 0 aliphatic carbocycles. The molecule has 0 spiro atoms. The molecule has 0 fully saturated rings. The van der Waals surface area contributed by atoms with E-state index in [-0.39, 0.29) is 24.3 Å². The third-order valence-electron chi connectivity index (χ3n) is 3.53. The lowest BCUT2D eigenvalue weighted by Gasteiger charge is -2.18. The summed E-state index contributed by atoms with van der Waals surface area (Å²) in [6.45, 7) is 5.28. The van der Waals surface area contributed by atoms with E-state index in [0.717, 1.165) is 0 Å². The molecular weight excluding hydrogens is 330 g/mol. The predicted octanol–water partition coefficient (Wildman–Crippen LogP) is 3.04. The van der Waals surface area contributed by atoms with Crippen LogP contribution in [0.25, 0.3) is 0 Å². The molecule has 0 aromatic heterocycles. The normalized spacial score (nSPS) is 10.7. The number of benzene rings is 2. The minimum absolute atomic E-state index is 0.141. The molecule has 0 aliphatic rings. The monoisotopic (exact) mass is 353 g/mol. The zero-order chi connectivity index (χ0) is 19.2. The maximum atomic E-state index is 12.2. The van der Waals surface area contributed by atoms with Crippen molar-refractivity contribution >= 4 is 29.1 Å². The predicted molar refractivity (Wildman–Crippen MR) is 102 cm³/mol. The maximum Gasteiger partial charge on any atom is 0.251 e. The molecule has 2 aromatic rings. The van der Waals surface area contributed by atoms with Gasteiger partial charge in [0.15, 0.2) is 0 Å². The maximum absolute atomic E-state index is 12.2. The first kappa shape index (κ1) is 19.2. The molecule has 0 atom stereocenters. The third kappa shape index (κ3) is 5.73. The highest BCUT2D eigenvalue weighted by Gasteiger charge is 2.21. The van der Waals surface area contributed by atoms with E-state index in [0.29, 0.717) is 16.9 Å². The summed E-state index contributed by atoms with van der Waals surface area (Å²) in [4.78, 5) is 36.2. The van der Waals surface area contributed by atoms with E-state index < -0.39 is 5.41 Å². The lowest BCUT2D eigenvalue weighted by molar-refractivity contribution is -0.123. The molecule has 6 nitrogen and oxygen atoms in total. The van der Waals surface area contributed by atoms with Gasteiger partial charge in [-0.2, -0.15) is 0 Å². The zero-order valence-electron chi connectivity index (χ0n) is 15.1. The van der Waals surface area contributed by atoms with Gasteiger partial charge in [0.1, 0.15) is 0 Å². The average molecular weight is 353 g/mol. The summed E-state index contributed by atoms with van der Waals surface area (Å²) < 4.78 is 0. The van der Waals surface area contributed by atoms with E-state index in [9.17, 15) is 14.4 Å². The van der Waals surface area contributed by atoms with Gasteiger partial charge in [0.2, 0.25) is 11.8 Å². The number of para-hydroxylation sites is 1. The lowest BCUT2D eigenvalue weighted by atomic mass is 9.95. The standard InChI is InChI=1S/C20H23N3O3/c1-20(2,3)19(26)23-16-11-7-8-14(12-16)18(25)21-13-17(24)22-15-9-5-4-6-10-15/h4-12H,13H2,1-3H3,(H,21,25)(H,22,24)(H,23,26). The molecule has 3 N–H and O–H groups in total. The molecule has 6 heteroatoms. The van der Waals surface area contributed by atoms with E-state index in [2.05, 4.69) is 16.0 Å². The van der Waals surface area contributed by atoms with E-state index in [1.807, 2.05) is 39.0 Å². The first-order valence-electron chi connectivity index (χ1n) is 8.30. The van der Waals surface area contributed by atoms with Crippen LogP contribution in [0.5, 0.6) is 0 Å². The topological polar surface area (TPSA) is 87.3 Å². The third-order valence-corrected chi connectivity index (χ3v) is 3.53. The largest absolute Gasteiger partial charge is 0.343 e. The lowest BCUT2D eigenvalue weighted by Crippen LogP contribution is -2.33. The average Bonchev–Trinajstić information content (AvgIpc) is 2.60. The Morgan fingerprint density at radius 2 is 1.50 bits per heavy atom. The Morgan fingerprint density at radius 1 is 0.846 bits per heavy atom. The summed E-state index contributed by atoms with van der Waals surface area (Å²) in [6.07, 6.45) is 0. The van der Waals surface area contributed by atoms with Crippen molar-refractivity contribution in [2.45, 2.75) is 20.8 Å². The van der Waals surface area contributed by atoms with Crippen LogP contribution in [0.4, 0.5) is 11.4 Å². The summed E-state index contributed by atoms with van der Waals surface area (Å²) in [7, 11) is 0. The molecule has 26 heavy (non-hydrogen) atoms. The van der Waals surface area contributed by atoms with Gasteiger partial charge in [0.05, 0.1) is 6.54 Å². The van der Waals surface area contributed by atoms with Gasteiger partial charge in [-0.1, -0.05) is 45.0 Å². The minimum atomic E-state index is -0.534. The second-order valence-corrected chi connectivity index (χ2v) is 6.88. The van der Waals surface area contributed by atoms with Crippen LogP contribution < -0.4 is 16.0 Å². The Labute approximate surface area is 153 Å². The molecular formula is C20H23N3O3. The van der Waals surface area contributed by atoms with Crippen LogP contribution in [0.3, 0.4) is 0 Å². The molecule has 0 radical (unpaired) electrons. The highest BCUT2D eigenvalue weighted by molar-refractivity contribution is 6.01. The smallest absolute Gasteiger partial charge is 0.251 e. The Morgan fingerprint density at radius 3 is 2.15 bits per heavy atom. The molecule has 0 saturated carbocycles. The van der Waals surface area contributed by atoms with E-state index >= 15 is 0 Å². The van der Waals surface area contributed by atoms with Gasteiger partial charge in [-0.05, 0) is 30.3 Å². The number of nitrogens with one attached hydrogen (secondary N) is 3. The fourth-order valence-corrected chi connectivity index (χ4v) is 2.05. The van der Waals surface area contributed by atoms with Crippen molar-refractivity contribution in [2.24, 2.45) is 5.41 Å². The van der Waals surface area contributed by atoms with Crippen molar-refractivity contribution in [3.05, 3.63) is 60.2 Å².